The maximum absolute atomic E-state index is 12.3. The molecule has 9 nitrogen and oxygen atoms in total. The number of benzene rings is 1. The molecule has 2 rings (SSSR count). The topological polar surface area (TPSA) is 127 Å². The highest BCUT2D eigenvalue weighted by Gasteiger charge is 2.47. The number of nitrogens with zero attached hydrogens (tertiary/aromatic N) is 2. The molecule has 1 atom stereocenters. The van der Waals surface area contributed by atoms with E-state index in [1.807, 2.05) is 0 Å². The highest BCUT2D eigenvalue weighted by molar-refractivity contribution is 8.01. The number of nitro groups is 1. The summed E-state index contributed by atoms with van der Waals surface area (Å²) in [4.78, 5) is 49.4. The van der Waals surface area contributed by atoms with Crippen LogP contribution in [0.2, 0.25) is 0 Å². The van der Waals surface area contributed by atoms with Crippen molar-refractivity contribution < 1.29 is 29.3 Å². The van der Waals surface area contributed by atoms with Gasteiger partial charge in [0.2, 0.25) is 4.93 Å². The van der Waals surface area contributed by atoms with Gasteiger partial charge in [-0.1, -0.05) is 13.0 Å². The van der Waals surface area contributed by atoms with Crippen molar-refractivity contribution >= 4 is 35.2 Å². The number of thioether (sulfide) groups is 1. The first-order valence-electron chi connectivity index (χ1n) is 6.45. The predicted molar refractivity (Wildman–Crippen MR) is 78.9 cm³/mol. The molecule has 122 valence electrons. The van der Waals surface area contributed by atoms with E-state index in [9.17, 15) is 29.6 Å². The first-order valence-corrected chi connectivity index (χ1v) is 7.44. The fourth-order valence-corrected chi connectivity index (χ4v) is 2.86. The van der Waals surface area contributed by atoms with Crippen LogP contribution < -0.4 is 0 Å². The summed E-state index contributed by atoms with van der Waals surface area (Å²) in [5.74, 6) is -3.01. The van der Waals surface area contributed by atoms with E-state index in [-0.39, 0.29) is 10.6 Å². The van der Waals surface area contributed by atoms with Crippen molar-refractivity contribution in [2.45, 2.75) is 18.8 Å². The lowest BCUT2D eigenvalue weighted by atomic mass is 10.1. The van der Waals surface area contributed by atoms with Gasteiger partial charge < -0.3 is 5.11 Å². The Morgan fingerprint density at radius 2 is 2.09 bits per heavy atom. The summed E-state index contributed by atoms with van der Waals surface area (Å²) in [7, 11) is 0. The minimum absolute atomic E-state index is 0.196. The largest absolute Gasteiger partial charge is 0.478 e. The number of hydrogen-bond acceptors (Lipinski definition) is 7. The summed E-state index contributed by atoms with van der Waals surface area (Å²) in [6, 6.07) is 3.60. The van der Waals surface area contributed by atoms with Gasteiger partial charge in [0.15, 0.2) is 0 Å². The average Bonchev–Trinajstić information content (AvgIpc) is 2.72. The molecule has 10 heteroatoms. The van der Waals surface area contributed by atoms with E-state index in [1.54, 1.807) is 6.92 Å². The van der Waals surface area contributed by atoms with E-state index in [0.717, 1.165) is 17.8 Å². The highest BCUT2D eigenvalue weighted by atomic mass is 32.2. The Kier molecular flexibility index (Phi) is 4.39. The second-order valence-electron chi connectivity index (χ2n) is 4.64. The second-order valence-corrected chi connectivity index (χ2v) is 6.28. The Hall–Kier alpha value is -2.46. The van der Waals surface area contributed by atoms with Crippen LogP contribution in [0.3, 0.4) is 0 Å². The molecule has 1 heterocycles. The van der Waals surface area contributed by atoms with Crippen LogP contribution in [-0.2, 0) is 9.63 Å². The summed E-state index contributed by atoms with van der Waals surface area (Å²) in [5, 5.41) is 20.5. The first kappa shape index (κ1) is 16.9. The van der Waals surface area contributed by atoms with Crippen LogP contribution in [0.4, 0.5) is 5.69 Å². The molecule has 1 N–H and O–H groups in total. The maximum Gasteiger partial charge on any atom is 0.349 e. The van der Waals surface area contributed by atoms with Crippen LogP contribution in [0.15, 0.2) is 18.2 Å². The lowest BCUT2D eigenvalue weighted by Gasteiger charge is -2.27. The third kappa shape index (κ3) is 2.78. The lowest BCUT2D eigenvalue weighted by Crippen LogP contribution is -2.44. The molecule has 1 aromatic rings. The molecule has 0 saturated heterocycles. The first-order chi connectivity index (χ1) is 10.7. The number of aliphatic carboxylic acids is 1. The molecule has 0 saturated carbocycles. The molecule has 23 heavy (non-hydrogen) atoms. The minimum Gasteiger partial charge on any atom is -0.478 e. The Balaban J connectivity index is 2.43. The van der Waals surface area contributed by atoms with Gasteiger partial charge >= 0.3 is 5.97 Å². The number of carboxylic acid groups (broad SMARTS) is 1. The summed E-state index contributed by atoms with van der Waals surface area (Å²) >= 11 is 0.865. The minimum atomic E-state index is -1.88. The Morgan fingerprint density at radius 3 is 2.61 bits per heavy atom. The van der Waals surface area contributed by atoms with Crippen molar-refractivity contribution in [1.82, 2.24) is 5.06 Å². The Bertz CT molecular complexity index is 720. The van der Waals surface area contributed by atoms with Crippen molar-refractivity contribution in [2.75, 3.05) is 5.75 Å². The number of carboxylic acids is 1. The molecule has 1 aromatic carbocycles. The van der Waals surface area contributed by atoms with Crippen LogP contribution in [0, 0.1) is 10.1 Å². The number of rotatable bonds is 6. The number of hydrogen-bond donors (Lipinski definition) is 1. The van der Waals surface area contributed by atoms with E-state index >= 15 is 0 Å². The second kappa shape index (κ2) is 5.97. The molecule has 2 amide bonds. The number of carbonyl (C=O) groups is 3. The molecule has 1 aliphatic rings. The van der Waals surface area contributed by atoms with Crippen molar-refractivity contribution in [3.05, 3.63) is 39.4 Å². The van der Waals surface area contributed by atoms with Gasteiger partial charge in [-0.2, -0.15) is 0 Å². The van der Waals surface area contributed by atoms with Gasteiger partial charge in [-0.25, -0.2) is 9.63 Å². The van der Waals surface area contributed by atoms with Gasteiger partial charge in [0.05, 0.1) is 10.5 Å². The maximum atomic E-state index is 12.3. The van der Waals surface area contributed by atoms with Crippen molar-refractivity contribution in [3.8, 4) is 0 Å². The number of amides is 2. The molecule has 1 aliphatic heterocycles. The summed E-state index contributed by atoms with van der Waals surface area (Å²) in [6.45, 7) is 2.88. The fraction of sp³-hybridized carbons (Fsp3) is 0.308. The summed E-state index contributed by atoms with van der Waals surface area (Å²) in [6.07, 6.45) is 0. The Labute approximate surface area is 134 Å². The predicted octanol–water partition coefficient (Wildman–Crippen LogP) is 1.68. The fourth-order valence-electron chi connectivity index (χ4n) is 2.06. The van der Waals surface area contributed by atoms with E-state index in [0.29, 0.717) is 5.75 Å². The van der Waals surface area contributed by atoms with Gasteiger partial charge in [-0.05, 0) is 18.7 Å². The normalized spacial score (nSPS) is 16.2. The van der Waals surface area contributed by atoms with Crippen molar-refractivity contribution in [1.29, 1.82) is 0 Å². The number of nitro benzene ring substituents is 1. The molecule has 0 radical (unpaired) electrons. The third-order valence-electron chi connectivity index (χ3n) is 3.13. The smallest absolute Gasteiger partial charge is 0.349 e. The molecular formula is C13H12N2O7S. The monoisotopic (exact) mass is 340 g/mol. The van der Waals surface area contributed by atoms with Crippen LogP contribution in [0.25, 0.3) is 0 Å². The zero-order valence-corrected chi connectivity index (χ0v) is 13.0. The number of hydroxylamine groups is 2. The van der Waals surface area contributed by atoms with Gasteiger partial charge in [0.1, 0.15) is 5.56 Å². The van der Waals surface area contributed by atoms with E-state index in [2.05, 4.69) is 0 Å². The molecule has 0 fully saturated rings. The van der Waals surface area contributed by atoms with E-state index < -0.39 is 38.9 Å². The lowest BCUT2D eigenvalue weighted by molar-refractivity contribution is -0.385. The molecule has 0 aromatic heterocycles. The molecule has 0 bridgehead atoms. The van der Waals surface area contributed by atoms with Crippen LogP contribution in [0.1, 0.15) is 34.6 Å². The molecular weight excluding hydrogens is 328 g/mol. The summed E-state index contributed by atoms with van der Waals surface area (Å²) in [5.41, 5.74) is -1.14. The van der Waals surface area contributed by atoms with Crippen molar-refractivity contribution in [3.63, 3.8) is 0 Å². The van der Waals surface area contributed by atoms with Crippen LogP contribution in [0.5, 0.6) is 0 Å². The zero-order valence-electron chi connectivity index (χ0n) is 12.1. The van der Waals surface area contributed by atoms with Gasteiger partial charge in [0.25, 0.3) is 17.5 Å². The SMILES string of the molecule is CCSC(C)(ON1C(=O)c2cccc([N+](=O)[O-])c2C1=O)C(=O)O. The summed E-state index contributed by atoms with van der Waals surface area (Å²) < 4.78 is 0. The molecule has 0 aliphatic carbocycles. The number of imide groups is 1. The van der Waals surface area contributed by atoms with Gasteiger partial charge in [-0.3, -0.25) is 19.7 Å². The standard InChI is InChI=1S/C13H12N2O7S/c1-3-23-13(2,12(18)19)22-14-10(16)7-5-4-6-8(15(20)21)9(7)11(14)17/h4-6H,3H2,1-2H3,(H,18,19). The van der Waals surface area contributed by atoms with E-state index in [1.165, 1.54) is 19.1 Å². The molecule has 1 unspecified atom stereocenters. The quantitative estimate of drug-likeness (QED) is 0.358. The van der Waals surface area contributed by atoms with Crippen molar-refractivity contribution in [2.24, 2.45) is 0 Å². The molecule has 0 spiro atoms. The number of carbonyl (C=O) groups excluding carboxylic acids is 2. The average molecular weight is 340 g/mol. The van der Waals surface area contributed by atoms with Gasteiger partial charge in [0, 0.05) is 6.07 Å². The zero-order chi connectivity index (χ0) is 17.4. The van der Waals surface area contributed by atoms with Crippen LogP contribution in [-0.4, -0.2) is 43.6 Å². The number of fused-ring (bicyclic) bond motifs is 1. The van der Waals surface area contributed by atoms with E-state index in [4.69, 9.17) is 4.84 Å². The van der Waals surface area contributed by atoms with Crippen LogP contribution >= 0.6 is 11.8 Å². The highest BCUT2D eigenvalue weighted by Crippen LogP contribution is 2.35. The third-order valence-corrected chi connectivity index (χ3v) is 4.21. The Morgan fingerprint density at radius 1 is 1.43 bits per heavy atom. The van der Waals surface area contributed by atoms with Gasteiger partial charge in [-0.15, -0.1) is 16.8 Å².